The third-order valence-electron chi connectivity index (χ3n) is 3.17. The molecule has 0 bridgehead atoms. The third kappa shape index (κ3) is 7.53. The third-order valence-corrected chi connectivity index (χ3v) is 4.40. The van der Waals surface area contributed by atoms with Gasteiger partial charge in [-0.3, -0.25) is 9.59 Å². The number of benzene rings is 1. The number of primary amides is 1. The minimum atomic E-state index is -3.37. The van der Waals surface area contributed by atoms with Gasteiger partial charge in [0.25, 0.3) is 11.8 Å². The smallest absolute Gasteiger partial charge is 0.329 e. The van der Waals surface area contributed by atoms with E-state index in [0.717, 1.165) is 6.26 Å². The van der Waals surface area contributed by atoms with Crippen LogP contribution in [-0.2, 0) is 24.2 Å². The zero-order valence-electron chi connectivity index (χ0n) is 13.7. The number of nitrogens with two attached hydrogens (primary N) is 1. The first-order valence-electron chi connectivity index (χ1n) is 7.23. The van der Waals surface area contributed by atoms with E-state index in [2.05, 4.69) is 5.32 Å². The van der Waals surface area contributed by atoms with Gasteiger partial charge in [0, 0.05) is 16.8 Å². The molecule has 2 amide bonds. The molecular weight excluding hydrogens is 372 g/mol. The number of sulfone groups is 1. The van der Waals surface area contributed by atoms with Crippen LogP contribution in [0.3, 0.4) is 0 Å². The molecule has 138 valence electrons. The number of halogens is 1. The second kappa shape index (κ2) is 8.82. The number of hydrogen-bond donors (Lipinski definition) is 2. The Hall–Kier alpha value is -2.13. The highest BCUT2D eigenvalue weighted by Gasteiger charge is 2.27. The maximum atomic E-state index is 12.2. The molecule has 0 heterocycles. The first-order chi connectivity index (χ1) is 11.5. The van der Waals surface area contributed by atoms with Gasteiger partial charge in [-0.1, -0.05) is 11.6 Å². The average molecular weight is 391 g/mol. The Kier molecular flexibility index (Phi) is 7.38. The number of hydrogen-bond acceptors (Lipinski definition) is 6. The second-order valence-electron chi connectivity index (χ2n) is 5.43. The van der Waals surface area contributed by atoms with E-state index >= 15 is 0 Å². The maximum absolute atomic E-state index is 12.2. The summed E-state index contributed by atoms with van der Waals surface area (Å²) in [7, 11) is -3.37. The first-order valence-corrected chi connectivity index (χ1v) is 9.67. The van der Waals surface area contributed by atoms with Crippen LogP contribution >= 0.6 is 11.6 Å². The van der Waals surface area contributed by atoms with Crippen LogP contribution in [-0.4, -0.2) is 50.4 Å². The number of esters is 1. The van der Waals surface area contributed by atoms with E-state index in [0.29, 0.717) is 5.02 Å². The average Bonchev–Trinajstić information content (AvgIpc) is 2.50. The molecule has 1 aromatic rings. The lowest BCUT2D eigenvalue weighted by atomic mass is 10.1. The predicted octanol–water partition coefficient (Wildman–Crippen LogP) is 0.290. The summed E-state index contributed by atoms with van der Waals surface area (Å²) in [5, 5.41) is 2.83. The predicted molar refractivity (Wildman–Crippen MR) is 91.8 cm³/mol. The largest absolute Gasteiger partial charge is 0.451 e. The highest BCUT2D eigenvalue weighted by molar-refractivity contribution is 7.90. The van der Waals surface area contributed by atoms with E-state index < -0.39 is 39.8 Å². The Morgan fingerprint density at radius 3 is 2.28 bits per heavy atom. The maximum Gasteiger partial charge on any atom is 0.329 e. The number of ether oxygens (including phenoxy) is 1. The highest BCUT2D eigenvalue weighted by Crippen LogP contribution is 2.10. The van der Waals surface area contributed by atoms with Crippen LogP contribution in [0.5, 0.6) is 0 Å². The molecule has 0 saturated heterocycles. The SMILES string of the molecule is C[C@H](OC(=O)[C@H](CCS(C)(=O)=O)NC(=O)c1ccc(Cl)cc1)C(N)=O. The molecule has 0 fully saturated rings. The lowest BCUT2D eigenvalue weighted by molar-refractivity contribution is -0.155. The van der Waals surface area contributed by atoms with Crippen molar-refractivity contribution in [3.05, 3.63) is 34.9 Å². The van der Waals surface area contributed by atoms with Gasteiger partial charge in [-0.2, -0.15) is 0 Å². The molecule has 8 nitrogen and oxygen atoms in total. The first kappa shape index (κ1) is 20.9. The molecule has 10 heteroatoms. The van der Waals surface area contributed by atoms with Crippen LogP contribution in [0.25, 0.3) is 0 Å². The Labute approximate surface area is 150 Å². The lowest BCUT2D eigenvalue weighted by Crippen LogP contribution is -2.45. The molecule has 0 unspecified atom stereocenters. The molecule has 0 radical (unpaired) electrons. The number of rotatable bonds is 8. The summed E-state index contributed by atoms with van der Waals surface area (Å²) in [6, 6.07) is 4.63. The summed E-state index contributed by atoms with van der Waals surface area (Å²) in [5.74, 6) is -2.77. The fourth-order valence-corrected chi connectivity index (χ4v) is 2.53. The van der Waals surface area contributed by atoms with Gasteiger partial charge >= 0.3 is 5.97 Å². The van der Waals surface area contributed by atoms with Crippen molar-refractivity contribution in [1.82, 2.24) is 5.32 Å². The van der Waals surface area contributed by atoms with Crippen LogP contribution in [0.15, 0.2) is 24.3 Å². The van der Waals surface area contributed by atoms with E-state index in [1.807, 2.05) is 0 Å². The van der Waals surface area contributed by atoms with E-state index in [1.54, 1.807) is 0 Å². The monoisotopic (exact) mass is 390 g/mol. The number of amides is 2. The molecule has 0 spiro atoms. The van der Waals surface area contributed by atoms with Crippen molar-refractivity contribution in [2.24, 2.45) is 5.73 Å². The van der Waals surface area contributed by atoms with E-state index in [9.17, 15) is 22.8 Å². The number of nitrogens with one attached hydrogen (secondary N) is 1. The quantitative estimate of drug-likeness (QED) is 0.613. The van der Waals surface area contributed by atoms with Gasteiger partial charge in [0.15, 0.2) is 6.10 Å². The molecule has 25 heavy (non-hydrogen) atoms. The topological polar surface area (TPSA) is 133 Å². The Morgan fingerprint density at radius 2 is 1.80 bits per heavy atom. The van der Waals surface area contributed by atoms with Crippen molar-refractivity contribution in [3.8, 4) is 0 Å². The summed E-state index contributed by atoms with van der Waals surface area (Å²) in [6.07, 6.45) is -0.411. The van der Waals surface area contributed by atoms with Gasteiger partial charge in [0.05, 0.1) is 5.75 Å². The molecule has 2 atom stereocenters. The Morgan fingerprint density at radius 1 is 1.24 bits per heavy atom. The number of carbonyl (C=O) groups excluding carboxylic acids is 3. The summed E-state index contributed by atoms with van der Waals surface area (Å²) in [6.45, 7) is 1.27. The molecule has 0 aliphatic rings. The van der Waals surface area contributed by atoms with Crippen molar-refractivity contribution in [1.29, 1.82) is 0 Å². The van der Waals surface area contributed by atoms with Crippen molar-refractivity contribution in [2.45, 2.75) is 25.5 Å². The Bertz CT molecular complexity index is 748. The van der Waals surface area contributed by atoms with E-state index in [1.165, 1.54) is 31.2 Å². The van der Waals surface area contributed by atoms with Gasteiger partial charge in [-0.05, 0) is 37.6 Å². The van der Waals surface area contributed by atoms with Crippen molar-refractivity contribution in [3.63, 3.8) is 0 Å². The van der Waals surface area contributed by atoms with Gasteiger partial charge in [0.2, 0.25) is 0 Å². The Balaban J connectivity index is 2.89. The summed E-state index contributed by atoms with van der Waals surface area (Å²) in [4.78, 5) is 35.3. The fourth-order valence-electron chi connectivity index (χ4n) is 1.74. The van der Waals surface area contributed by atoms with Crippen LogP contribution in [0, 0.1) is 0 Å². The molecule has 1 aromatic carbocycles. The summed E-state index contributed by atoms with van der Waals surface area (Å²) < 4.78 is 27.5. The minimum absolute atomic E-state index is 0.206. The molecule has 3 N–H and O–H groups in total. The summed E-state index contributed by atoms with van der Waals surface area (Å²) >= 11 is 5.74. The molecule has 0 aromatic heterocycles. The van der Waals surface area contributed by atoms with Gasteiger partial charge in [-0.25, -0.2) is 13.2 Å². The van der Waals surface area contributed by atoms with Gasteiger partial charge < -0.3 is 15.8 Å². The van der Waals surface area contributed by atoms with Crippen LogP contribution < -0.4 is 11.1 Å². The molecular formula is C15H19ClN2O6S. The normalized spacial score (nSPS) is 13.6. The molecule has 0 aliphatic carbocycles. The van der Waals surface area contributed by atoms with Crippen molar-refractivity contribution in [2.75, 3.05) is 12.0 Å². The second-order valence-corrected chi connectivity index (χ2v) is 8.13. The van der Waals surface area contributed by atoms with Crippen molar-refractivity contribution < 1.29 is 27.5 Å². The van der Waals surface area contributed by atoms with Gasteiger partial charge in [0.1, 0.15) is 15.9 Å². The molecule has 1 rings (SSSR count). The molecule has 0 saturated carbocycles. The number of carbonyl (C=O) groups is 3. The lowest BCUT2D eigenvalue weighted by Gasteiger charge is -2.19. The minimum Gasteiger partial charge on any atom is -0.451 e. The van der Waals surface area contributed by atoms with Crippen LogP contribution in [0.4, 0.5) is 0 Å². The zero-order chi connectivity index (χ0) is 19.2. The zero-order valence-corrected chi connectivity index (χ0v) is 15.3. The highest BCUT2D eigenvalue weighted by atomic mass is 35.5. The van der Waals surface area contributed by atoms with Crippen LogP contribution in [0.1, 0.15) is 23.7 Å². The van der Waals surface area contributed by atoms with E-state index in [4.69, 9.17) is 22.1 Å². The molecule has 0 aliphatic heterocycles. The van der Waals surface area contributed by atoms with Gasteiger partial charge in [-0.15, -0.1) is 0 Å². The van der Waals surface area contributed by atoms with E-state index in [-0.39, 0.29) is 17.7 Å². The van der Waals surface area contributed by atoms with Crippen molar-refractivity contribution >= 4 is 39.2 Å². The summed E-state index contributed by atoms with van der Waals surface area (Å²) in [5.41, 5.74) is 5.25. The standard InChI is InChI=1S/C15H19ClN2O6S/c1-9(13(17)19)24-15(21)12(7-8-25(2,22)23)18-14(20)10-3-5-11(16)6-4-10/h3-6,9,12H,7-8H2,1-2H3,(H2,17,19)(H,18,20)/t9-,12-/m0/s1. The fraction of sp³-hybridized carbons (Fsp3) is 0.400. The van der Waals surface area contributed by atoms with Crippen LogP contribution in [0.2, 0.25) is 5.02 Å².